The van der Waals surface area contributed by atoms with Gasteiger partial charge < -0.3 is 4.90 Å². The number of para-hydroxylation sites is 5. The van der Waals surface area contributed by atoms with Crippen LogP contribution in [-0.4, -0.2) is 9.55 Å². The van der Waals surface area contributed by atoms with E-state index >= 15 is 0 Å². The summed E-state index contributed by atoms with van der Waals surface area (Å²) in [6.45, 7) is 4.62. The van der Waals surface area contributed by atoms with Crippen LogP contribution in [0, 0.1) is 0 Å². The molecule has 0 saturated heterocycles. The lowest BCUT2D eigenvalue weighted by atomic mass is 9.62. The second kappa shape index (κ2) is 11.1. The molecule has 4 nitrogen and oxygen atoms in total. The zero-order valence-electron chi connectivity index (χ0n) is 28.6. The number of anilines is 6. The minimum absolute atomic E-state index is 0.349. The first kappa shape index (κ1) is 29.5. The molecule has 4 heteroatoms. The van der Waals surface area contributed by atoms with Crippen LogP contribution in [0.1, 0.15) is 41.7 Å². The molecule has 0 bridgehead atoms. The van der Waals surface area contributed by atoms with Gasteiger partial charge >= 0.3 is 0 Å². The molecule has 0 unspecified atom stereocenters. The van der Waals surface area contributed by atoms with Gasteiger partial charge in [0.15, 0.2) is 0 Å². The highest BCUT2D eigenvalue weighted by Crippen LogP contribution is 2.58. The summed E-state index contributed by atoms with van der Waals surface area (Å²) in [6, 6.07) is 66.0. The minimum atomic E-state index is -0.511. The van der Waals surface area contributed by atoms with Gasteiger partial charge in [0.2, 0.25) is 5.95 Å². The van der Waals surface area contributed by atoms with Gasteiger partial charge in [-0.25, -0.2) is 4.98 Å². The Morgan fingerprint density at radius 2 is 0.961 bits per heavy atom. The number of nitrogens with zero attached hydrogens (tertiary/aromatic N) is 4. The van der Waals surface area contributed by atoms with E-state index in [2.05, 4.69) is 210 Å². The molecule has 0 aliphatic carbocycles. The topological polar surface area (TPSA) is 24.3 Å². The highest BCUT2D eigenvalue weighted by atomic mass is 15.4. The third-order valence-electron chi connectivity index (χ3n) is 11.0. The number of imidazole rings is 1. The smallest absolute Gasteiger partial charge is 0.216 e. The van der Waals surface area contributed by atoms with Gasteiger partial charge in [-0.05, 0) is 84.6 Å². The normalized spacial score (nSPS) is 15.1. The van der Waals surface area contributed by atoms with E-state index in [1.807, 2.05) is 0 Å². The largest absolute Gasteiger partial charge is 0.310 e. The summed E-state index contributed by atoms with van der Waals surface area (Å²) in [5.41, 5.74) is 13.1. The first-order valence-electron chi connectivity index (χ1n) is 17.7. The monoisotopic (exact) mass is 656 g/mol. The molecule has 0 saturated carbocycles. The van der Waals surface area contributed by atoms with E-state index in [-0.39, 0.29) is 5.54 Å². The maximum atomic E-state index is 5.28. The zero-order chi connectivity index (χ0) is 34.2. The van der Waals surface area contributed by atoms with Gasteiger partial charge in [0.05, 0.1) is 39.0 Å². The van der Waals surface area contributed by atoms with Crippen molar-refractivity contribution in [3.63, 3.8) is 0 Å². The van der Waals surface area contributed by atoms with Crippen molar-refractivity contribution in [3.05, 3.63) is 210 Å². The van der Waals surface area contributed by atoms with Crippen LogP contribution in [0.25, 0.3) is 11.0 Å². The Morgan fingerprint density at radius 3 is 1.59 bits per heavy atom. The van der Waals surface area contributed by atoms with Gasteiger partial charge in [0.25, 0.3) is 0 Å². The summed E-state index contributed by atoms with van der Waals surface area (Å²) < 4.78 is 2.40. The van der Waals surface area contributed by atoms with Crippen molar-refractivity contribution in [2.75, 3.05) is 9.80 Å². The lowest BCUT2D eigenvalue weighted by molar-refractivity contribution is 0.442. The third kappa shape index (κ3) is 4.11. The van der Waals surface area contributed by atoms with E-state index in [0.717, 1.165) is 45.4 Å². The Labute approximate surface area is 298 Å². The number of hydrogen-bond acceptors (Lipinski definition) is 3. The average Bonchev–Trinajstić information content (AvgIpc) is 3.58. The summed E-state index contributed by atoms with van der Waals surface area (Å²) in [7, 11) is 0. The average molecular weight is 657 g/mol. The molecule has 0 radical (unpaired) electrons. The Balaban J connectivity index is 1.25. The molecule has 51 heavy (non-hydrogen) atoms. The van der Waals surface area contributed by atoms with Crippen molar-refractivity contribution in [3.8, 4) is 0 Å². The van der Waals surface area contributed by atoms with Crippen molar-refractivity contribution in [2.45, 2.75) is 24.8 Å². The maximum Gasteiger partial charge on any atom is 0.216 e. The number of hydrogen-bond donors (Lipinski definition) is 0. The molecular formula is C47H36N4. The lowest BCUT2D eigenvalue weighted by Crippen LogP contribution is -2.38. The van der Waals surface area contributed by atoms with Crippen molar-refractivity contribution >= 4 is 45.4 Å². The number of rotatable bonds is 4. The molecule has 8 aromatic rings. The fourth-order valence-corrected chi connectivity index (χ4v) is 8.83. The van der Waals surface area contributed by atoms with Gasteiger partial charge in [-0.15, -0.1) is 0 Å². The van der Waals surface area contributed by atoms with Crippen LogP contribution in [0.5, 0.6) is 0 Å². The molecular weight excluding hydrogens is 621 g/mol. The van der Waals surface area contributed by atoms with Crippen LogP contribution in [0.3, 0.4) is 0 Å². The van der Waals surface area contributed by atoms with Crippen LogP contribution in [0.2, 0.25) is 0 Å². The molecule has 0 fully saturated rings. The molecule has 7 aromatic carbocycles. The van der Waals surface area contributed by atoms with Crippen LogP contribution in [-0.2, 0) is 11.0 Å². The van der Waals surface area contributed by atoms with Gasteiger partial charge in [0, 0.05) is 16.9 Å². The van der Waals surface area contributed by atoms with Crippen molar-refractivity contribution in [1.82, 2.24) is 9.55 Å². The van der Waals surface area contributed by atoms with Gasteiger partial charge in [-0.1, -0.05) is 133 Å². The lowest BCUT2D eigenvalue weighted by Gasteiger charge is -2.47. The SMILES string of the molecule is CC1(C)c2ccc(N3c4ccccc4C(c4ccccc4)(c4ccccc4)c4ccccc43)cc2N(c2ccccc2)c2nc3ccccc3n21. The van der Waals surface area contributed by atoms with E-state index < -0.39 is 5.41 Å². The van der Waals surface area contributed by atoms with E-state index in [1.165, 1.54) is 27.8 Å². The van der Waals surface area contributed by atoms with Crippen molar-refractivity contribution in [1.29, 1.82) is 0 Å². The highest BCUT2D eigenvalue weighted by molar-refractivity contribution is 5.93. The first-order valence-corrected chi connectivity index (χ1v) is 17.7. The minimum Gasteiger partial charge on any atom is -0.310 e. The molecule has 2 aliphatic rings. The fraction of sp³-hybridized carbons (Fsp3) is 0.0851. The van der Waals surface area contributed by atoms with Crippen LogP contribution >= 0.6 is 0 Å². The molecule has 0 amide bonds. The van der Waals surface area contributed by atoms with Gasteiger partial charge in [-0.2, -0.15) is 0 Å². The summed E-state index contributed by atoms with van der Waals surface area (Å²) >= 11 is 0. The third-order valence-corrected chi connectivity index (χ3v) is 11.0. The second-order valence-electron chi connectivity index (χ2n) is 14.0. The van der Waals surface area contributed by atoms with Crippen LogP contribution in [0.4, 0.5) is 34.4 Å². The van der Waals surface area contributed by atoms with Crippen molar-refractivity contribution < 1.29 is 0 Å². The number of benzene rings is 7. The van der Waals surface area contributed by atoms with Gasteiger partial charge in [0.1, 0.15) is 0 Å². The molecule has 0 spiro atoms. The van der Waals surface area contributed by atoms with E-state index in [1.54, 1.807) is 0 Å². The molecule has 0 atom stereocenters. The van der Waals surface area contributed by atoms with Gasteiger partial charge in [-0.3, -0.25) is 9.47 Å². The molecule has 10 rings (SSSR count). The summed E-state index contributed by atoms with van der Waals surface area (Å²) in [5, 5.41) is 0. The molecule has 0 N–H and O–H groups in total. The quantitative estimate of drug-likeness (QED) is 0.188. The highest BCUT2D eigenvalue weighted by Gasteiger charge is 2.47. The first-order chi connectivity index (χ1) is 25.1. The molecule has 1 aromatic heterocycles. The Bertz CT molecular complexity index is 2480. The Kier molecular flexibility index (Phi) is 6.40. The fourth-order valence-electron chi connectivity index (χ4n) is 8.83. The predicted octanol–water partition coefficient (Wildman–Crippen LogP) is 11.8. The standard InChI is InChI=1S/C47H36N4/c1-46(2)37-31-30-36(32-44(37)50(35-22-10-5-11-23-35)45-48-40-26-14-17-29-43(40)51(45)46)49-41-27-15-12-24-38(41)47(33-18-6-3-7-19-33,34-20-8-4-9-21-34)39-25-13-16-28-42(39)49/h3-32H,1-2H3. The van der Waals surface area contributed by atoms with E-state index in [0.29, 0.717) is 0 Å². The summed E-state index contributed by atoms with van der Waals surface area (Å²) in [6.07, 6.45) is 0. The maximum absolute atomic E-state index is 5.28. The Hall–Kier alpha value is -6.39. The molecule has 3 heterocycles. The number of aromatic nitrogens is 2. The predicted molar refractivity (Wildman–Crippen MR) is 209 cm³/mol. The second-order valence-corrected chi connectivity index (χ2v) is 14.0. The summed E-state index contributed by atoms with van der Waals surface area (Å²) in [5.74, 6) is 0.920. The van der Waals surface area contributed by atoms with Crippen LogP contribution < -0.4 is 9.80 Å². The molecule has 244 valence electrons. The zero-order valence-corrected chi connectivity index (χ0v) is 28.6. The van der Waals surface area contributed by atoms with E-state index in [4.69, 9.17) is 4.98 Å². The Morgan fingerprint density at radius 1 is 0.431 bits per heavy atom. The van der Waals surface area contributed by atoms with E-state index in [9.17, 15) is 0 Å². The number of fused-ring (bicyclic) bond motifs is 6. The summed E-state index contributed by atoms with van der Waals surface area (Å²) in [4.78, 5) is 10.1. The van der Waals surface area contributed by atoms with Crippen LogP contribution in [0.15, 0.2) is 182 Å². The molecule has 2 aliphatic heterocycles. The van der Waals surface area contributed by atoms with Crippen molar-refractivity contribution in [2.24, 2.45) is 0 Å².